The Morgan fingerprint density at radius 1 is 0.881 bits per heavy atom. The molecule has 1 aromatic heterocycles. The van der Waals surface area contributed by atoms with Crippen molar-refractivity contribution in [3.8, 4) is 0 Å². The third-order valence-corrected chi connectivity index (χ3v) is 10.8. The second kappa shape index (κ2) is 14.0. The Hall–Kier alpha value is -2.28. The summed E-state index contributed by atoms with van der Waals surface area (Å²) in [6, 6.07) is 18.1. The zero-order chi connectivity index (χ0) is 29.7. The van der Waals surface area contributed by atoms with Gasteiger partial charge in [-0.2, -0.15) is 0 Å². The lowest BCUT2D eigenvalue weighted by Gasteiger charge is -2.57. The van der Waals surface area contributed by atoms with E-state index in [1.807, 2.05) is 48.5 Å². The van der Waals surface area contributed by atoms with E-state index in [0.29, 0.717) is 24.2 Å². The lowest BCUT2D eigenvalue weighted by atomic mass is 9.71. The van der Waals surface area contributed by atoms with E-state index in [2.05, 4.69) is 47.4 Å². The average Bonchev–Trinajstić information content (AvgIpc) is 3.00. The third-order valence-electron chi connectivity index (χ3n) is 10.8. The van der Waals surface area contributed by atoms with E-state index < -0.39 is 5.41 Å². The predicted molar refractivity (Wildman–Crippen MR) is 172 cm³/mol. The van der Waals surface area contributed by atoms with Crippen LogP contribution in [0.2, 0.25) is 0 Å². The topological polar surface area (TPSA) is 65.7 Å². The first kappa shape index (κ1) is 31.2. The van der Waals surface area contributed by atoms with Crippen molar-refractivity contribution >= 4 is 5.91 Å². The van der Waals surface area contributed by atoms with Crippen molar-refractivity contribution in [1.82, 2.24) is 19.7 Å². The number of hydrogen-bond donors (Lipinski definition) is 1. The summed E-state index contributed by atoms with van der Waals surface area (Å²) >= 11 is 0. The van der Waals surface area contributed by atoms with Crippen LogP contribution in [0.15, 0.2) is 54.7 Å². The SMILES string of the molecule is C1CCN2C[C@@H]3C[C@@H](CN4CCCC[C@@H]34)[C@H]2C1.CC(C)N(CCC(C(N)=O)(c1ccccc1)c1ccccn1)C(C)C. The van der Waals surface area contributed by atoms with Gasteiger partial charge in [0.25, 0.3) is 0 Å². The van der Waals surface area contributed by atoms with Crippen LogP contribution in [0, 0.1) is 11.8 Å². The molecule has 5 atom stereocenters. The first-order valence-corrected chi connectivity index (χ1v) is 16.8. The average molecular weight is 574 g/mol. The number of aromatic nitrogens is 1. The van der Waals surface area contributed by atoms with Crippen LogP contribution in [-0.4, -0.2) is 82.5 Å². The van der Waals surface area contributed by atoms with E-state index in [9.17, 15) is 4.79 Å². The molecule has 6 rings (SSSR count). The molecule has 4 saturated heterocycles. The van der Waals surface area contributed by atoms with E-state index in [1.165, 1.54) is 64.7 Å². The molecule has 2 bridgehead atoms. The van der Waals surface area contributed by atoms with Crippen LogP contribution < -0.4 is 5.73 Å². The minimum absolute atomic E-state index is 0.357. The summed E-state index contributed by atoms with van der Waals surface area (Å²) in [5.41, 5.74) is 6.66. The van der Waals surface area contributed by atoms with Gasteiger partial charge in [-0.3, -0.25) is 24.5 Å². The van der Waals surface area contributed by atoms with Gasteiger partial charge >= 0.3 is 0 Å². The van der Waals surface area contributed by atoms with Crippen LogP contribution in [0.5, 0.6) is 0 Å². The number of nitrogens with two attached hydrogens (primary N) is 1. The van der Waals surface area contributed by atoms with Gasteiger partial charge in [0.15, 0.2) is 0 Å². The third kappa shape index (κ3) is 6.61. The minimum atomic E-state index is -0.926. The van der Waals surface area contributed by atoms with Crippen molar-refractivity contribution in [3.05, 3.63) is 66.0 Å². The molecule has 4 aliphatic heterocycles. The van der Waals surface area contributed by atoms with Crippen molar-refractivity contribution in [2.24, 2.45) is 17.6 Å². The Labute approximate surface area is 255 Å². The zero-order valence-electron chi connectivity index (χ0n) is 26.6. The fourth-order valence-corrected chi connectivity index (χ4v) is 8.81. The van der Waals surface area contributed by atoms with Crippen molar-refractivity contribution in [2.45, 2.75) is 109 Å². The monoisotopic (exact) mass is 573 g/mol. The first-order valence-electron chi connectivity index (χ1n) is 16.8. The largest absolute Gasteiger partial charge is 0.369 e. The zero-order valence-corrected chi connectivity index (χ0v) is 26.6. The van der Waals surface area contributed by atoms with Crippen molar-refractivity contribution < 1.29 is 4.79 Å². The number of primary amides is 1. The summed E-state index contributed by atoms with van der Waals surface area (Å²) in [5.74, 6) is 1.68. The molecule has 0 radical (unpaired) electrons. The molecule has 1 amide bonds. The van der Waals surface area contributed by atoms with E-state index in [-0.39, 0.29) is 5.91 Å². The fraction of sp³-hybridized carbons (Fsp3) is 0.667. The number of amides is 1. The van der Waals surface area contributed by atoms with E-state index in [4.69, 9.17) is 5.73 Å². The molecule has 6 heteroatoms. The highest BCUT2D eigenvalue weighted by atomic mass is 16.1. The van der Waals surface area contributed by atoms with Gasteiger partial charge in [0, 0.05) is 50.0 Å². The number of fused-ring (bicyclic) bond motifs is 6. The summed E-state index contributed by atoms with van der Waals surface area (Å²) in [5, 5.41) is 0. The number of carbonyl (C=O) groups is 1. The van der Waals surface area contributed by atoms with Gasteiger partial charge in [-0.25, -0.2) is 0 Å². The molecule has 230 valence electrons. The van der Waals surface area contributed by atoms with Gasteiger partial charge in [-0.1, -0.05) is 49.2 Å². The van der Waals surface area contributed by atoms with Crippen LogP contribution >= 0.6 is 0 Å². The number of hydrogen-bond acceptors (Lipinski definition) is 5. The standard InChI is InChI=1S/C21H29N3O.C15H26N2/c1-16(2)24(17(3)4)15-13-21(20(22)25,18-10-6-5-7-11-18)19-12-8-9-14-23-19;1-3-7-16-11-13-9-12(14(16)5-1)10-17-8-4-2-6-15(13)17/h5-12,14,16-17H,13,15H2,1-4H3,(H2,22,25);12-15H,1-11H2/t;12-,13-,14-,15+/m.0/s1. The van der Waals surface area contributed by atoms with Crippen LogP contribution in [-0.2, 0) is 10.2 Å². The number of carbonyl (C=O) groups excluding carboxylic acids is 1. The second-order valence-corrected chi connectivity index (χ2v) is 13.9. The minimum Gasteiger partial charge on any atom is -0.369 e. The molecule has 0 spiro atoms. The maximum absolute atomic E-state index is 12.7. The Balaban J connectivity index is 0.000000179. The van der Waals surface area contributed by atoms with Crippen molar-refractivity contribution in [1.29, 1.82) is 0 Å². The molecule has 2 aromatic rings. The maximum Gasteiger partial charge on any atom is 0.234 e. The van der Waals surface area contributed by atoms with Crippen LogP contribution in [0.25, 0.3) is 0 Å². The van der Waals surface area contributed by atoms with Crippen LogP contribution in [0.3, 0.4) is 0 Å². The summed E-state index contributed by atoms with van der Waals surface area (Å²) in [6.07, 6.45) is 12.8. The summed E-state index contributed by atoms with van der Waals surface area (Å²) in [4.78, 5) is 25.4. The molecule has 0 aliphatic carbocycles. The number of rotatable bonds is 8. The van der Waals surface area contributed by atoms with Crippen molar-refractivity contribution in [3.63, 3.8) is 0 Å². The molecule has 42 heavy (non-hydrogen) atoms. The van der Waals surface area contributed by atoms with Gasteiger partial charge in [0.2, 0.25) is 5.91 Å². The second-order valence-electron chi connectivity index (χ2n) is 13.9. The highest BCUT2D eigenvalue weighted by Crippen LogP contribution is 2.42. The van der Waals surface area contributed by atoms with Crippen LogP contribution in [0.4, 0.5) is 0 Å². The number of nitrogens with zero attached hydrogens (tertiary/aromatic N) is 4. The van der Waals surface area contributed by atoms with E-state index in [0.717, 1.165) is 36.0 Å². The normalized spacial score (nSPS) is 27.5. The summed E-state index contributed by atoms with van der Waals surface area (Å²) in [6.45, 7) is 15.2. The number of piperidine rings is 4. The van der Waals surface area contributed by atoms with Gasteiger partial charge in [0.05, 0.1) is 5.69 Å². The Morgan fingerprint density at radius 2 is 1.45 bits per heavy atom. The van der Waals surface area contributed by atoms with E-state index >= 15 is 0 Å². The van der Waals surface area contributed by atoms with Gasteiger partial charge < -0.3 is 5.73 Å². The molecule has 4 aliphatic rings. The van der Waals surface area contributed by atoms with Gasteiger partial charge in [-0.05, 0) is 109 Å². The number of benzene rings is 1. The lowest BCUT2D eigenvalue weighted by Crippen LogP contribution is -2.63. The molecular formula is C36H55N5O. The quantitative estimate of drug-likeness (QED) is 0.439. The highest BCUT2D eigenvalue weighted by molar-refractivity contribution is 5.90. The predicted octanol–water partition coefficient (Wildman–Crippen LogP) is 5.71. The molecule has 1 unspecified atom stereocenters. The molecule has 1 aromatic carbocycles. The molecular weight excluding hydrogens is 518 g/mol. The molecule has 6 nitrogen and oxygen atoms in total. The molecule has 4 fully saturated rings. The maximum atomic E-state index is 12.7. The lowest BCUT2D eigenvalue weighted by molar-refractivity contribution is -0.122. The highest BCUT2D eigenvalue weighted by Gasteiger charge is 2.46. The number of pyridine rings is 1. The van der Waals surface area contributed by atoms with Crippen molar-refractivity contribution in [2.75, 3.05) is 32.7 Å². The molecule has 5 heterocycles. The fourth-order valence-electron chi connectivity index (χ4n) is 8.81. The Kier molecular flexibility index (Phi) is 10.4. The molecule has 0 saturated carbocycles. The summed E-state index contributed by atoms with van der Waals surface area (Å²) in [7, 11) is 0. The van der Waals surface area contributed by atoms with Gasteiger partial charge in [-0.15, -0.1) is 0 Å². The first-order chi connectivity index (χ1) is 20.3. The van der Waals surface area contributed by atoms with Crippen LogP contribution in [0.1, 0.15) is 90.3 Å². The van der Waals surface area contributed by atoms with E-state index in [1.54, 1.807) is 12.6 Å². The molecule has 2 N–H and O–H groups in total. The Morgan fingerprint density at radius 3 is 1.95 bits per heavy atom. The smallest absolute Gasteiger partial charge is 0.234 e. The Bertz CT molecular complexity index is 1050. The summed E-state index contributed by atoms with van der Waals surface area (Å²) < 4.78 is 0. The van der Waals surface area contributed by atoms with Gasteiger partial charge in [0.1, 0.15) is 5.41 Å².